The smallest absolute Gasteiger partial charge is 0.157 e. The zero-order valence-corrected chi connectivity index (χ0v) is 6.86. The van der Waals surface area contributed by atoms with Gasteiger partial charge < -0.3 is 5.32 Å². The molecule has 0 bridgehead atoms. The molecule has 0 spiro atoms. The van der Waals surface area contributed by atoms with Crippen molar-refractivity contribution in [1.82, 2.24) is 14.6 Å². The van der Waals surface area contributed by atoms with Crippen molar-refractivity contribution in [2.75, 3.05) is 11.9 Å². The molecule has 0 saturated heterocycles. The number of anilines is 1. The normalized spacial score (nSPS) is 10.4. The minimum Gasteiger partial charge on any atom is -0.385 e. The van der Waals surface area contributed by atoms with Crippen LogP contribution in [0.4, 0.5) is 5.69 Å². The minimum absolute atomic E-state index is 0.869. The summed E-state index contributed by atoms with van der Waals surface area (Å²) < 4.78 is 1.74. The molecule has 0 aromatic carbocycles. The van der Waals surface area contributed by atoms with E-state index in [-0.39, 0.29) is 0 Å². The first-order chi connectivity index (χ1) is 5.90. The molecule has 4 nitrogen and oxygen atoms in total. The number of nitrogens with zero attached hydrogens (tertiary/aromatic N) is 3. The van der Waals surface area contributed by atoms with Crippen LogP contribution in [0.3, 0.4) is 0 Å². The molecule has 2 aromatic heterocycles. The van der Waals surface area contributed by atoms with Gasteiger partial charge in [0.05, 0.1) is 0 Å². The van der Waals surface area contributed by atoms with Gasteiger partial charge in [-0.25, -0.2) is 9.50 Å². The predicted octanol–water partition coefficient (Wildman–Crippen LogP) is 1.16. The third kappa shape index (κ3) is 1.11. The van der Waals surface area contributed by atoms with Crippen LogP contribution in [0.1, 0.15) is 6.92 Å². The van der Waals surface area contributed by atoms with Crippen LogP contribution in [0.2, 0.25) is 0 Å². The summed E-state index contributed by atoms with van der Waals surface area (Å²) in [6.07, 6.45) is 3.44. The second-order valence-corrected chi connectivity index (χ2v) is 2.51. The Balaban J connectivity index is 2.46. The lowest BCUT2D eigenvalue weighted by molar-refractivity contribution is 0.960. The molecule has 2 heterocycles. The summed E-state index contributed by atoms with van der Waals surface area (Å²) in [7, 11) is 0. The lowest BCUT2D eigenvalue weighted by Gasteiger charge is -2.01. The first-order valence-corrected chi connectivity index (χ1v) is 3.93. The van der Waals surface area contributed by atoms with E-state index in [0.29, 0.717) is 0 Å². The number of nitrogens with one attached hydrogen (secondary N) is 1. The highest BCUT2D eigenvalue weighted by atomic mass is 15.3. The molecule has 2 aromatic rings. The average molecular weight is 162 g/mol. The Morgan fingerprint density at radius 2 is 2.50 bits per heavy atom. The molecule has 0 unspecified atom stereocenters. The van der Waals surface area contributed by atoms with Gasteiger partial charge in [0.25, 0.3) is 0 Å². The Kier molecular flexibility index (Phi) is 1.66. The fourth-order valence-electron chi connectivity index (χ4n) is 1.13. The van der Waals surface area contributed by atoms with E-state index < -0.39 is 0 Å². The maximum absolute atomic E-state index is 4.07. The summed E-state index contributed by atoms with van der Waals surface area (Å²) in [6, 6.07) is 3.95. The standard InChI is InChI=1S/C8H10N4/c1-2-9-7-3-4-12-8(5-7)10-6-11-12/h3-6,9H,2H2,1H3. The van der Waals surface area contributed by atoms with Crippen LogP contribution in [-0.4, -0.2) is 21.1 Å². The molecule has 12 heavy (non-hydrogen) atoms. The van der Waals surface area contributed by atoms with Crippen LogP contribution in [0, 0.1) is 0 Å². The second-order valence-electron chi connectivity index (χ2n) is 2.51. The van der Waals surface area contributed by atoms with Crippen LogP contribution >= 0.6 is 0 Å². The Hall–Kier alpha value is -1.58. The van der Waals surface area contributed by atoms with E-state index in [0.717, 1.165) is 17.9 Å². The minimum atomic E-state index is 0.869. The van der Waals surface area contributed by atoms with E-state index in [2.05, 4.69) is 22.3 Å². The summed E-state index contributed by atoms with van der Waals surface area (Å²) in [4.78, 5) is 4.07. The van der Waals surface area contributed by atoms with E-state index >= 15 is 0 Å². The van der Waals surface area contributed by atoms with Crippen LogP contribution in [0.25, 0.3) is 5.65 Å². The molecule has 62 valence electrons. The summed E-state index contributed by atoms with van der Waals surface area (Å²) in [5.41, 5.74) is 1.95. The van der Waals surface area contributed by atoms with Gasteiger partial charge in [-0.1, -0.05) is 0 Å². The molecule has 0 aliphatic rings. The Morgan fingerprint density at radius 3 is 3.33 bits per heavy atom. The topological polar surface area (TPSA) is 42.2 Å². The molecule has 2 rings (SSSR count). The largest absolute Gasteiger partial charge is 0.385 e. The van der Waals surface area contributed by atoms with Crippen molar-refractivity contribution in [1.29, 1.82) is 0 Å². The molecule has 0 atom stereocenters. The van der Waals surface area contributed by atoms with Gasteiger partial charge in [0.2, 0.25) is 0 Å². The molecule has 0 fully saturated rings. The van der Waals surface area contributed by atoms with Crippen molar-refractivity contribution in [2.45, 2.75) is 6.92 Å². The number of fused-ring (bicyclic) bond motifs is 1. The maximum Gasteiger partial charge on any atom is 0.157 e. The fraction of sp³-hybridized carbons (Fsp3) is 0.250. The summed E-state index contributed by atoms with van der Waals surface area (Å²) in [6.45, 7) is 2.98. The Bertz CT molecular complexity index is 379. The van der Waals surface area contributed by atoms with E-state index in [1.165, 1.54) is 0 Å². The average Bonchev–Trinajstić information content (AvgIpc) is 2.51. The summed E-state index contributed by atoms with van der Waals surface area (Å²) >= 11 is 0. The Morgan fingerprint density at radius 1 is 1.58 bits per heavy atom. The molecular weight excluding hydrogens is 152 g/mol. The second kappa shape index (κ2) is 2.81. The van der Waals surface area contributed by atoms with Crippen molar-refractivity contribution in [3.63, 3.8) is 0 Å². The number of pyridine rings is 1. The molecular formula is C8H10N4. The van der Waals surface area contributed by atoms with Crippen molar-refractivity contribution in [3.05, 3.63) is 24.7 Å². The molecule has 0 saturated carbocycles. The zero-order chi connectivity index (χ0) is 8.39. The number of hydrogen-bond acceptors (Lipinski definition) is 3. The van der Waals surface area contributed by atoms with Crippen LogP contribution in [0.5, 0.6) is 0 Å². The first-order valence-electron chi connectivity index (χ1n) is 3.93. The number of rotatable bonds is 2. The molecule has 0 aliphatic heterocycles. The molecule has 0 aliphatic carbocycles. The lowest BCUT2D eigenvalue weighted by Crippen LogP contribution is -1.97. The SMILES string of the molecule is CCNc1ccn2ncnc2c1. The van der Waals surface area contributed by atoms with Crippen LogP contribution < -0.4 is 5.32 Å². The van der Waals surface area contributed by atoms with Gasteiger partial charge in [0.1, 0.15) is 6.33 Å². The van der Waals surface area contributed by atoms with Gasteiger partial charge in [-0.2, -0.15) is 5.10 Å². The highest BCUT2D eigenvalue weighted by Gasteiger charge is 1.95. The monoisotopic (exact) mass is 162 g/mol. The number of hydrogen-bond donors (Lipinski definition) is 1. The first kappa shape index (κ1) is 7.09. The van der Waals surface area contributed by atoms with Gasteiger partial charge in [-0.3, -0.25) is 0 Å². The van der Waals surface area contributed by atoms with E-state index in [4.69, 9.17) is 0 Å². The third-order valence-corrected chi connectivity index (χ3v) is 1.66. The molecule has 0 amide bonds. The molecule has 1 N–H and O–H groups in total. The molecule has 4 heteroatoms. The zero-order valence-electron chi connectivity index (χ0n) is 6.86. The van der Waals surface area contributed by atoms with E-state index in [1.54, 1.807) is 10.8 Å². The highest BCUT2D eigenvalue weighted by molar-refractivity contribution is 5.53. The van der Waals surface area contributed by atoms with Gasteiger partial charge >= 0.3 is 0 Å². The van der Waals surface area contributed by atoms with E-state index in [1.807, 2.05) is 18.3 Å². The highest BCUT2D eigenvalue weighted by Crippen LogP contribution is 2.08. The van der Waals surface area contributed by atoms with E-state index in [9.17, 15) is 0 Å². The van der Waals surface area contributed by atoms with Crippen molar-refractivity contribution in [3.8, 4) is 0 Å². The van der Waals surface area contributed by atoms with Crippen molar-refractivity contribution >= 4 is 11.3 Å². The lowest BCUT2D eigenvalue weighted by atomic mass is 10.4. The quantitative estimate of drug-likeness (QED) is 0.720. The van der Waals surface area contributed by atoms with Gasteiger partial charge in [0.15, 0.2) is 5.65 Å². The van der Waals surface area contributed by atoms with Crippen LogP contribution in [-0.2, 0) is 0 Å². The summed E-state index contributed by atoms with van der Waals surface area (Å²) in [5, 5.41) is 7.21. The van der Waals surface area contributed by atoms with Crippen LogP contribution in [0.15, 0.2) is 24.7 Å². The molecule has 0 radical (unpaired) electrons. The van der Waals surface area contributed by atoms with Gasteiger partial charge in [-0.15, -0.1) is 0 Å². The van der Waals surface area contributed by atoms with Gasteiger partial charge in [-0.05, 0) is 13.0 Å². The number of aromatic nitrogens is 3. The Labute approximate surface area is 70.2 Å². The summed E-state index contributed by atoms with van der Waals surface area (Å²) in [5.74, 6) is 0. The van der Waals surface area contributed by atoms with Gasteiger partial charge in [0, 0.05) is 24.5 Å². The fourth-order valence-corrected chi connectivity index (χ4v) is 1.13. The van der Waals surface area contributed by atoms with Crippen molar-refractivity contribution < 1.29 is 0 Å². The third-order valence-electron chi connectivity index (χ3n) is 1.66. The maximum atomic E-state index is 4.07. The predicted molar refractivity (Wildman–Crippen MR) is 47.2 cm³/mol. The van der Waals surface area contributed by atoms with Crippen molar-refractivity contribution in [2.24, 2.45) is 0 Å².